The standard InChI is InChI=1S/C13H12FNO4/c1-18-11-5-8(13(17)19-2)3-7-4-9(14)10(6-16)15-12(7)11/h3-5,16H,6H2,1-2H3. The van der Waals surface area contributed by atoms with Crippen molar-refractivity contribution in [1.82, 2.24) is 4.98 Å². The number of aliphatic hydroxyl groups is 1. The summed E-state index contributed by atoms with van der Waals surface area (Å²) in [4.78, 5) is 15.5. The van der Waals surface area contributed by atoms with Crippen LogP contribution in [0.1, 0.15) is 16.1 Å². The van der Waals surface area contributed by atoms with Gasteiger partial charge in [0.15, 0.2) is 0 Å². The lowest BCUT2D eigenvalue weighted by atomic mass is 10.1. The van der Waals surface area contributed by atoms with Gasteiger partial charge >= 0.3 is 5.97 Å². The summed E-state index contributed by atoms with van der Waals surface area (Å²) >= 11 is 0. The molecule has 0 unspecified atom stereocenters. The molecule has 19 heavy (non-hydrogen) atoms. The molecule has 0 saturated carbocycles. The molecule has 6 heteroatoms. The van der Waals surface area contributed by atoms with E-state index in [1.165, 1.54) is 32.4 Å². The minimum absolute atomic E-state index is 0.0726. The number of nitrogens with zero attached hydrogens (tertiary/aromatic N) is 1. The fourth-order valence-corrected chi connectivity index (χ4v) is 1.77. The van der Waals surface area contributed by atoms with E-state index < -0.39 is 18.4 Å². The van der Waals surface area contributed by atoms with Crippen molar-refractivity contribution >= 4 is 16.9 Å². The summed E-state index contributed by atoms with van der Waals surface area (Å²) in [5, 5.41) is 9.40. The van der Waals surface area contributed by atoms with Gasteiger partial charge in [0.25, 0.3) is 0 Å². The number of methoxy groups -OCH3 is 2. The highest BCUT2D eigenvalue weighted by molar-refractivity contribution is 5.97. The molecule has 2 aromatic rings. The average molecular weight is 265 g/mol. The van der Waals surface area contributed by atoms with Gasteiger partial charge in [0, 0.05) is 5.39 Å². The lowest BCUT2D eigenvalue weighted by Crippen LogP contribution is -2.03. The summed E-state index contributed by atoms with van der Waals surface area (Å²) in [6, 6.07) is 4.12. The molecule has 1 N–H and O–H groups in total. The molecule has 1 aromatic heterocycles. The topological polar surface area (TPSA) is 68.7 Å². The number of benzene rings is 1. The normalized spacial score (nSPS) is 10.5. The molecule has 0 radical (unpaired) electrons. The van der Waals surface area contributed by atoms with Crippen LogP contribution in [0.4, 0.5) is 4.39 Å². The number of aliphatic hydroxyl groups excluding tert-OH is 1. The Morgan fingerprint density at radius 2 is 2.11 bits per heavy atom. The van der Waals surface area contributed by atoms with Crippen molar-refractivity contribution in [2.75, 3.05) is 14.2 Å². The maximum absolute atomic E-state index is 13.6. The van der Waals surface area contributed by atoms with Gasteiger partial charge in [-0.2, -0.15) is 0 Å². The number of aromatic nitrogens is 1. The zero-order chi connectivity index (χ0) is 14.0. The molecule has 0 spiro atoms. The zero-order valence-corrected chi connectivity index (χ0v) is 10.4. The average Bonchev–Trinajstić information content (AvgIpc) is 2.44. The highest BCUT2D eigenvalue weighted by Gasteiger charge is 2.14. The van der Waals surface area contributed by atoms with Crippen LogP contribution in [0.25, 0.3) is 10.9 Å². The van der Waals surface area contributed by atoms with Crippen molar-refractivity contribution in [3.63, 3.8) is 0 Å². The molecular formula is C13H12FNO4. The van der Waals surface area contributed by atoms with Gasteiger partial charge in [0.2, 0.25) is 0 Å². The first kappa shape index (κ1) is 13.2. The third-order valence-electron chi connectivity index (χ3n) is 2.70. The van der Waals surface area contributed by atoms with Crippen LogP contribution in [0.3, 0.4) is 0 Å². The Morgan fingerprint density at radius 3 is 2.68 bits per heavy atom. The van der Waals surface area contributed by atoms with Crippen molar-refractivity contribution < 1.29 is 23.8 Å². The summed E-state index contributed by atoms with van der Waals surface area (Å²) in [5.41, 5.74) is 0.544. The lowest BCUT2D eigenvalue weighted by molar-refractivity contribution is 0.0600. The van der Waals surface area contributed by atoms with Crippen LogP contribution >= 0.6 is 0 Å². The van der Waals surface area contributed by atoms with Gasteiger partial charge < -0.3 is 14.6 Å². The highest BCUT2D eigenvalue weighted by atomic mass is 19.1. The zero-order valence-electron chi connectivity index (χ0n) is 10.4. The fraction of sp³-hybridized carbons (Fsp3) is 0.231. The summed E-state index contributed by atoms with van der Waals surface area (Å²) in [7, 11) is 2.67. The molecule has 5 nitrogen and oxygen atoms in total. The second-order valence-electron chi connectivity index (χ2n) is 3.82. The molecule has 0 atom stereocenters. The van der Waals surface area contributed by atoms with Crippen molar-refractivity contribution in [2.45, 2.75) is 6.61 Å². The van der Waals surface area contributed by atoms with Crippen LogP contribution in [0.2, 0.25) is 0 Å². The van der Waals surface area contributed by atoms with Crippen molar-refractivity contribution in [1.29, 1.82) is 0 Å². The maximum Gasteiger partial charge on any atom is 0.338 e. The minimum atomic E-state index is -0.640. The van der Waals surface area contributed by atoms with Gasteiger partial charge in [-0.3, -0.25) is 0 Å². The van der Waals surface area contributed by atoms with Crippen LogP contribution in [-0.2, 0) is 11.3 Å². The van der Waals surface area contributed by atoms with Gasteiger partial charge in [0.1, 0.15) is 22.8 Å². The van der Waals surface area contributed by atoms with E-state index >= 15 is 0 Å². The van der Waals surface area contributed by atoms with Crippen LogP contribution in [0.15, 0.2) is 18.2 Å². The number of carbonyl (C=O) groups is 1. The van der Waals surface area contributed by atoms with E-state index in [-0.39, 0.29) is 11.3 Å². The first-order valence-electron chi connectivity index (χ1n) is 5.47. The second-order valence-corrected chi connectivity index (χ2v) is 3.82. The van der Waals surface area contributed by atoms with E-state index in [1.54, 1.807) is 0 Å². The third-order valence-corrected chi connectivity index (χ3v) is 2.70. The van der Waals surface area contributed by atoms with E-state index in [4.69, 9.17) is 9.84 Å². The monoisotopic (exact) mass is 265 g/mol. The third kappa shape index (κ3) is 2.34. The van der Waals surface area contributed by atoms with Gasteiger partial charge in [-0.05, 0) is 18.2 Å². The molecule has 0 aliphatic heterocycles. The molecule has 0 amide bonds. The number of halogens is 1. The second kappa shape index (κ2) is 5.19. The van der Waals surface area contributed by atoms with E-state index in [9.17, 15) is 9.18 Å². The van der Waals surface area contributed by atoms with Crippen molar-refractivity contribution in [3.8, 4) is 5.75 Å². The molecule has 0 aliphatic rings. The minimum Gasteiger partial charge on any atom is -0.494 e. The van der Waals surface area contributed by atoms with Gasteiger partial charge in [0.05, 0.1) is 26.4 Å². The van der Waals surface area contributed by atoms with Crippen LogP contribution < -0.4 is 4.74 Å². The Balaban J connectivity index is 2.73. The van der Waals surface area contributed by atoms with Gasteiger partial charge in [-0.1, -0.05) is 0 Å². The molecule has 1 heterocycles. The Kier molecular flexibility index (Phi) is 3.62. The van der Waals surface area contributed by atoms with Crippen molar-refractivity contribution in [3.05, 3.63) is 35.3 Å². The largest absolute Gasteiger partial charge is 0.494 e. The molecule has 0 saturated heterocycles. The Labute approximate surface area is 108 Å². The fourth-order valence-electron chi connectivity index (χ4n) is 1.77. The van der Waals surface area contributed by atoms with E-state index in [0.717, 1.165) is 0 Å². The van der Waals surface area contributed by atoms with E-state index in [0.29, 0.717) is 16.7 Å². The predicted octanol–water partition coefficient (Wildman–Crippen LogP) is 1.66. The molecule has 0 bridgehead atoms. The quantitative estimate of drug-likeness (QED) is 0.855. The Morgan fingerprint density at radius 1 is 1.37 bits per heavy atom. The number of hydrogen-bond acceptors (Lipinski definition) is 5. The number of rotatable bonds is 3. The smallest absolute Gasteiger partial charge is 0.338 e. The number of carbonyl (C=O) groups excluding carboxylic acids is 1. The number of fused-ring (bicyclic) bond motifs is 1. The molecule has 2 rings (SSSR count). The highest BCUT2D eigenvalue weighted by Crippen LogP contribution is 2.27. The summed E-state index contributed by atoms with van der Waals surface area (Å²) in [5.74, 6) is -0.876. The Bertz CT molecular complexity index is 642. The molecule has 1 aromatic carbocycles. The summed E-state index contributed by atoms with van der Waals surface area (Å²) < 4.78 is 23.3. The van der Waals surface area contributed by atoms with Crippen LogP contribution in [0, 0.1) is 5.82 Å². The van der Waals surface area contributed by atoms with Gasteiger partial charge in [-0.25, -0.2) is 14.2 Å². The number of hydrogen-bond donors (Lipinski definition) is 1. The first-order valence-corrected chi connectivity index (χ1v) is 5.47. The molecular weight excluding hydrogens is 253 g/mol. The van der Waals surface area contributed by atoms with E-state index in [2.05, 4.69) is 9.72 Å². The maximum atomic E-state index is 13.6. The Hall–Kier alpha value is -2.21. The predicted molar refractivity (Wildman–Crippen MR) is 65.5 cm³/mol. The molecule has 0 aliphatic carbocycles. The van der Waals surface area contributed by atoms with Gasteiger partial charge in [-0.15, -0.1) is 0 Å². The molecule has 100 valence electrons. The summed E-state index contributed by atoms with van der Waals surface area (Å²) in [6.45, 7) is -0.510. The lowest BCUT2D eigenvalue weighted by Gasteiger charge is -2.09. The van der Waals surface area contributed by atoms with Crippen LogP contribution in [0.5, 0.6) is 5.75 Å². The first-order chi connectivity index (χ1) is 9.10. The number of pyridine rings is 1. The van der Waals surface area contributed by atoms with Crippen molar-refractivity contribution in [2.24, 2.45) is 0 Å². The van der Waals surface area contributed by atoms with Crippen LogP contribution in [-0.4, -0.2) is 30.3 Å². The molecule has 0 fully saturated rings. The number of ether oxygens (including phenoxy) is 2. The SMILES string of the molecule is COC(=O)c1cc(OC)c2nc(CO)c(F)cc2c1. The number of esters is 1. The summed E-state index contributed by atoms with van der Waals surface area (Å²) in [6.07, 6.45) is 0. The van der Waals surface area contributed by atoms with E-state index in [1.807, 2.05) is 0 Å².